The van der Waals surface area contributed by atoms with Crippen LogP contribution in [0.3, 0.4) is 0 Å². The topological polar surface area (TPSA) is 55.6 Å². The molecule has 0 fully saturated rings. The standard InChI is InChI=1S/C14H22N2O2/c1-5-16(9-10(2)3)14(17)12-7-6-11(15)8-13(12)18-4/h6-8,10H,5,9,15H2,1-4H3. The van der Waals surface area contributed by atoms with Gasteiger partial charge in [-0.1, -0.05) is 13.8 Å². The number of ether oxygens (including phenoxy) is 1. The molecular weight excluding hydrogens is 228 g/mol. The van der Waals surface area contributed by atoms with Crippen LogP contribution in [-0.4, -0.2) is 31.0 Å². The molecule has 0 aromatic heterocycles. The first kappa shape index (κ1) is 14.4. The van der Waals surface area contributed by atoms with E-state index in [1.165, 1.54) is 0 Å². The van der Waals surface area contributed by atoms with Gasteiger partial charge in [0.15, 0.2) is 0 Å². The lowest BCUT2D eigenvalue weighted by molar-refractivity contribution is 0.0742. The summed E-state index contributed by atoms with van der Waals surface area (Å²) < 4.78 is 5.22. The fourth-order valence-corrected chi connectivity index (χ4v) is 1.85. The molecule has 0 radical (unpaired) electrons. The Balaban J connectivity index is 3.01. The van der Waals surface area contributed by atoms with Gasteiger partial charge < -0.3 is 15.4 Å². The number of methoxy groups -OCH3 is 1. The number of carbonyl (C=O) groups is 1. The van der Waals surface area contributed by atoms with Crippen LogP contribution >= 0.6 is 0 Å². The van der Waals surface area contributed by atoms with E-state index in [-0.39, 0.29) is 5.91 Å². The molecule has 0 heterocycles. The van der Waals surface area contributed by atoms with E-state index in [1.807, 2.05) is 11.8 Å². The molecule has 0 atom stereocenters. The summed E-state index contributed by atoms with van der Waals surface area (Å²) >= 11 is 0. The van der Waals surface area contributed by atoms with Crippen molar-refractivity contribution in [2.75, 3.05) is 25.9 Å². The van der Waals surface area contributed by atoms with Crippen LogP contribution in [0.2, 0.25) is 0 Å². The zero-order valence-electron chi connectivity index (χ0n) is 11.6. The van der Waals surface area contributed by atoms with Crippen molar-refractivity contribution in [2.45, 2.75) is 20.8 Å². The van der Waals surface area contributed by atoms with Crippen LogP contribution in [0.1, 0.15) is 31.1 Å². The molecule has 0 bridgehead atoms. The number of amides is 1. The van der Waals surface area contributed by atoms with Crippen LogP contribution in [0, 0.1) is 5.92 Å². The molecule has 1 amide bonds. The predicted molar refractivity (Wildman–Crippen MR) is 73.8 cm³/mol. The summed E-state index contributed by atoms with van der Waals surface area (Å²) in [6.45, 7) is 7.59. The van der Waals surface area contributed by atoms with Crippen LogP contribution in [0.25, 0.3) is 0 Å². The first-order chi connectivity index (χ1) is 8.49. The zero-order chi connectivity index (χ0) is 13.7. The van der Waals surface area contributed by atoms with E-state index in [9.17, 15) is 4.79 Å². The summed E-state index contributed by atoms with van der Waals surface area (Å²) in [6, 6.07) is 5.12. The van der Waals surface area contributed by atoms with Crippen LogP contribution in [0.4, 0.5) is 5.69 Å². The number of nitrogens with zero attached hydrogens (tertiary/aromatic N) is 1. The fourth-order valence-electron chi connectivity index (χ4n) is 1.85. The molecule has 1 aromatic rings. The summed E-state index contributed by atoms with van der Waals surface area (Å²) in [6.07, 6.45) is 0. The van der Waals surface area contributed by atoms with Crippen molar-refractivity contribution < 1.29 is 9.53 Å². The average molecular weight is 250 g/mol. The van der Waals surface area contributed by atoms with Gasteiger partial charge in [-0.15, -0.1) is 0 Å². The number of hydrogen-bond donors (Lipinski definition) is 1. The van der Waals surface area contributed by atoms with Crippen molar-refractivity contribution in [1.82, 2.24) is 4.90 Å². The van der Waals surface area contributed by atoms with Crippen LogP contribution < -0.4 is 10.5 Å². The zero-order valence-corrected chi connectivity index (χ0v) is 11.6. The largest absolute Gasteiger partial charge is 0.496 e. The maximum atomic E-state index is 12.4. The quantitative estimate of drug-likeness (QED) is 0.816. The predicted octanol–water partition coefficient (Wildman–Crippen LogP) is 2.40. The summed E-state index contributed by atoms with van der Waals surface area (Å²) in [5.74, 6) is 0.957. The third kappa shape index (κ3) is 3.39. The highest BCUT2D eigenvalue weighted by molar-refractivity contribution is 5.97. The van der Waals surface area contributed by atoms with Crippen molar-refractivity contribution in [3.05, 3.63) is 23.8 Å². The van der Waals surface area contributed by atoms with Gasteiger partial charge in [-0.3, -0.25) is 4.79 Å². The first-order valence-corrected chi connectivity index (χ1v) is 6.22. The van der Waals surface area contributed by atoms with Crippen LogP contribution in [0.5, 0.6) is 5.75 Å². The Labute approximate surface area is 109 Å². The monoisotopic (exact) mass is 250 g/mol. The smallest absolute Gasteiger partial charge is 0.257 e. The number of nitrogen functional groups attached to an aromatic ring is 1. The van der Waals surface area contributed by atoms with Gasteiger partial charge in [0.2, 0.25) is 0 Å². The average Bonchev–Trinajstić information content (AvgIpc) is 2.34. The maximum Gasteiger partial charge on any atom is 0.257 e. The number of benzene rings is 1. The van der Waals surface area contributed by atoms with Crippen molar-refractivity contribution in [2.24, 2.45) is 5.92 Å². The Hall–Kier alpha value is -1.71. The van der Waals surface area contributed by atoms with E-state index in [4.69, 9.17) is 10.5 Å². The van der Waals surface area contributed by atoms with Gasteiger partial charge in [0, 0.05) is 24.8 Å². The molecule has 0 saturated carbocycles. The van der Waals surface area contributed by atoms with Crippen molar-refractivity contribution >= 4 is 11.6 Å². The minimum Gasteiger partial charge on any atom is -0.496 e. The van der Waals surface area contributed by atoms with Gasteiger partial charge in [-0.2, -0.15) is 0 Å². The molecule has 0 aliphatic carbocycles. The van der Waals surface area contributed by atoms with Crippen molar-refractivity contribution in [3.8, 4) is 5.75 Å². The number of anilines is 1. The van der Waals surface area contributed by atoms with E-state index in [1.54, 1.807) is 25.3 Å². The second kappa shape index (κ2) is 6.28. The lowest BCUT2D eigenvalue weighted by Crippen LogP contribution is -2.34. The molecule has 100 valence electrons. The SMILES string of the molecule is CCN(CC(C)C)C(=O)c1ccc(N)cc1OC. The van der Waals surface area contributed by atoms with Crippen LogP contribution in [-0.2, 0) is 0 Å². The van der Waals surface area contributed by atoms with Gasteiger partial charge in [0.25, 0.3) is 5.91 Å². The normalized spacial score (nSPS) is 10.5. The van der Waals surface area contributed by atoms with Gasteiger partial charge >= 0.3 is 0 Å². The highest BCUT2D eigenvalue weighted by atomic mass is 16.5. The Kier molecular flexibility index (Phi) is 5.01. The van der Waals surface area contributed by atoms with E-state index >= 15 is 0 Å². The molecular formula is C14H22N2O2. The van der Waals surface area contributed by atoms with Gasteiger partial charge in [0.05, 0.1) is 12.7 Å². The Morgan fingerprint density at radius 1 is 1.44 bits per heavy atom. The highest BCUT2D eigenvalue weighted by Crippen LogP contribution is 2.23. The second-order valence-corrected chi connectivity index (χ2v) is 4.70. The molecule has 1 aromatic carbocycles. The van der Waals surface area contributed by atoms with E-state index in [2.05, 4.69) is 13.8 Å². The summed E-state index contributed by atoms with van der Waals surface area (Å²) in [5.41, 5.74) is 6.84. The Morgan fingerprint density at radius 2 is 2.11 bits per heavy atom. The fraction of sp³-hybridized carbons (Fsp3) is 0.500. The summed E-state index contributed by atoms with van der Waals surface area (Å²) in [7, 11) is 1.55. The highest BCUT2D eigenvalue weighted by Gasteiger charge is 2.19. The van der Waals surface area contributed by atoms with Gasteiger partial charge in [-0.05, 0) is 25.0 Å². The van der Waals surface area contributed by atoms with Crippen LogP contribution in [0.15, 0.2) is 18.2 Å². The molecule has 0 aliphatic heterocycles. The molecule has 0 spiro atoms. The summed E-state index contributed by atoms with van der Waals surface area (Å²) in [5, 5.41) is 0. The number of carbonyl (C=O) groups excluding carboxylic acids is 1. The minimum absolute atomic E-state index is 0.0111. The first-order valence-electron chi connectivity index (χ1n) is 6.22. The molecule has 2 N–H and O–H groups in total. The third-order valence-corrected chi connectivity index (χ3v) is 2.71. The lowest BCUT2D eigenvalue weighted by Gasteiger charge is -2.23. The van der Waals surface area contributed by atoms with E-state index < -0.39 is 0 Å². The van der Waals surface area contributed by atoms with E-state index in [0.29, 0.717) is 29.5 Å². The molecule has 0 saturated heterocycles. The molecule has 0 aliphatic rings. The Bertz CT molecular complexity index is 416. The van der Waals surface area contributed by atoms with Gasteiger partial charge in [0.1, 0.15) is 5.75 Å². The van der Waals surface area contributed by atoms with Crippen molar-refractivity contribution in [1.29, 1.82) is 0 Å². The molecule has 0 unspecified atom stereocenters. The summed E-state index contributed by atoms with van der Waals surface area (Å²) in [4.78, 5) is 14.2. The lowest BCUT2D eigenvalue weighted by atomic mass is 10.1. The number of hydrogen-bond acceptors (Lipinski definition) is 3. The minimum atomic E-state index is -0.0111. The van der Waals surface area contributed by atoms with Crippen molar-refractivity contribution in [3.63, 3.8) is 0 Å². The molecule has 18 heavy (non-hydrogen) atoms. The third-order valence-electron chi connectivity index (χ3n) is 2.71. The molecule has 4 heteroatoms. The molecule has 4 nitrogen and oxygen atoms in total. The number of nitrogens with two attached hydrogens (primary N) is 1. The second-order valence-electron chi connectivity index (χ2n) is 4.70. The maximum absolute atomic E-state index is 12.4. The molecule has 1 rings (SSSR count). The number of rotatable bonds is 5. The Morgan fingerprint density at radius 3 is 2.61 bits per heavy atom. The van der Waals surface area contributed by atoms with Gasteiger partial charge in [-0.25, -0.2) is 0 Å². The van der Waals surface area contributed by atoms with E-state index in [0.717, 1.165) is 6.54 Å².